The van der Waals surface area contributed by atoms with E-state index in [9.17, 15) is 0 Å². The minimum atomic E-state index is 0. The monoisotopic (exact) mass is 314 g/mol. The Bertz CT molecular complexity index is 201. The van der Waals surface area contributed by atoms with Crippen LogP contribution in [0.3, 0.4) is 0 Å². The summed E-state index contributed by atoms with van der Waals surface area (Å²) in [4.78, 5) is 7.34. The van der Waals surface area contributed by atoms with Gasteiger partial charge in [0, 0.05) is 12.4 Å². The third-order valence-corrected chi connectivity index (χ3v) is 0.914. The summed E-state index contributed by atoms with van der Waals surface area (Å²) in [5.74, 6) is 0. The Morgan fingerprint density at radius 2 is 0.955 bits per heavy atom. The van der Waals surface area contributed by atoms with Gasteiger partial charge < -0.3 is 4.42 Å². The number of pyridine rings is 1. The van der Waals surface area contributed by atoms with Crippen molar-refractivity contribution in [1.82, 2.24) is 9.97 Å². The quantitative estimate of drug-likeness (QED) is 0.504. The van der Waals surface area contributed by atoms with Gasteiger partial charge in [-0.3, -0.25) is 4.98 Å². The maximum atomic E-state index is 4.47. The topological polar surface area (TPSA) is 38.9 Å². The highest BCUT2D eigenvalue weighted by atomic mass is 16.3. The van der Waals surface area contributed by atoms with Crippen LogP contribution in [0.4, 0.5) is 0 Å². The third kappa shape index (κ3) is 63.2. The zero-order chi connectivity index (χ0) is 17.8. The fourth-order valence-electron chi connectivity index (χ4n) is 0.488. The van der Waals surface area contributed by atoms with Gasteiger partial charge >= 0.3 is 0 Å². The molecule has 22 heavy (non-hydrogen) atoms. The normalized spacial score (nSPS) is 5.36. The molecule has 0 amide bonds. The first-order valence-electron chi connectivity index (χ1n) is 8.17. The first kappa shape index (κ1) is 37.0. The van der Waals surface area contributed by atoms with E-state index < -0.39 is 0 Å². The molecule has 0 aliphatic rings. The number of rotatable bonds is 0. The molecule has 0 bridgehead atoms. The summed E-state index contributed by atoms with van der Waals surface area (Å²) in [5.41, 5.74) is 0. The molecule has 2 aromatic rings. The van der Waals surface area contributed by atoms with E-state index in [0.717, 1.165) is 0 Å². The van der Waals surface area contributed by atoms with Crippen LogP contribution in [0.15, 0.2) is 53.9 Å². The molecule has 0 aliphatic heterocycles. The average Bonchev–Trinajstić information content (AvgIpc) is 3.25. The highest BCUT2D eigenvalue weighted by Crippen LogP contribution is 1.73. The second-order valence-electron chi connectivity index (χ2n) is 1.70. The van der Waals surface area contributed by atoms with Crippen LogP contribution < -0.4 is 0 Å². The molecule has 0 N–H and O–H groups in total. The van der Waals surface area contributed by atoms with E-state index >= 15 is 0 Å². The predicted molar refractivity (Wildman–Crippen MR) is 104 cm³/mol. The van der Waals surface area contributed by atoms with Crippen molar-refractivity contribution in [3.05, 3.63) is 49.4 Å². The van der Waals surface area contributed by atoms with Gasteiger partial charge in [-0.25, -0.2) is 4.98 Å². The Hall–Kier alpha value is -1.64. The maximum absolute atomic E-state index is 4.47. The number of aromatic nitrogens is 2. The molecule has 0 aliphatic carbocycles. The van der Waals surface area contributed by atoms with Gasteiger partial charge in [-0.15, -0.1) is 0 Å². The zero-order valence-electron chi connectivity index (χ0n) is 15.9. The van der Waals surface area contributed by atoms with Crippen LogP contribution in [0.5, 0.6) is 0 Å². The van der Waals surface area contributed by atoms with Gasteiger partial charge in [-0.2, -0.15) is 0 Å². The minimum absolute atomic E-state index is 0. The Kier molecular flexibility index (Phi) is 125. The van der Waals surface area contributed by atoms with Crippen LogP contribution in [-0.4, -0.2) is 9.97 Å². The van der Waals surface area contributed by atoms with Gasteiger partial charge in [0.2, 0.25) is 0 Å². The van der Waals surface area contributed by atoms with Crippen LogP contribution >= 0.6 is 0 Å². The lowest BCUT2D eigenvalue weighted by Crippen LogP contribution is -1.58. The summed E-state index contributed by atoms with van der Waals surface area (Å²) in [6.07, 6.45) is 7.97. The van der Waals surface area contributed by atoms with Crippen molar-refractivity contribution >= 4 is 0 Å². The van der Waals surface area contributed by atoms with Gasteiger partial charge in [0.15, 0.2) is 6.39 Å². The maximum Gasteiger partial charge on any atom is 0.180 e. The molecule has 2 aromatic heterocycles. The molecular weight excluding hydrogens is 272 g/mol. The molecular formula is C19H42N2O. The molecule has 2 heterocycles. The summed E-state index contributed by atoms with van der Waals surface area (Å²) in [6.45, 7) is 20.0. The van der Waals surface area contributed by atoms with Gasteiger partial charge in [0.25, 0.3) is 0 Å². The smallest absolute Gasteiger partial charge is 0.180 e. The lowest BCUT2D eigenvalue weighted by molar-refractivity contribution is 0.558. The average molecular weight is 315 g/mol. The van der Waals surface area contributed by atoms with E-state index in [4.69, 9.17) is 0 Å². The van der Waals surface area contributed by atoms with Crippen molar-refractivity contribution in [1.29, 1.82) is 0 Å². The molecule has 0 fully saturated rings. The molecule has 0 spiro atoms. The summed E-state index contributed by atoms with van der Waals surface area (Å²) < 4.78 is 4.47. The highest BCUT2D eigenvalue weighted by Gasteiger charge is 1.59. The summed E-state index contributed by atoms with van der Waals surface area (Å²) >= 11 is 0. The molecule has 0 aromatic carbocycles. The molecule has 0 saturated heterocycles. The van der Waals surface area contributed by atoms with Gasteiger partial charge in [0.05, 0.1) is 6.20 Å². The zero-order valence-corrected chi connectivity index (χ0v) is 15.9. The van der Waals surface area contributed by atoms with Crippen LogP contribution in [0.1, 0.15) is 76.7 Å². The molecule has 3 heteroatoms. The van der Waals surface area contributed by atoms with E-state index in [2.05, 4.69) is 14.4 Å². The van der Waals surface area contributed by atoms with Gasteiger partial charge in [-0.05, 0) is 12.1 Å². The Balaban J connectivity index is -0.0000000368. The van der Waals surface area contributed by atoms with E-state index in [-0.39, 0.29) is 7.43 Å². The third-order valence-electron chi connectivity index (χ3n) is 0.914. The van der Waals surface area contributed by atoms with Gasteiger partial charge in [0.1, 0.15) is 6.26 Å². The fourth-order valence-corrected chi connectivity index (χ4v) is 0.488. The summed E-state index contributed by atoms with van der Waals surface area (Å²) in [7, 11) is 0. The number of hydrogen-bond acceptors (Lipinski definition) is 3. The van der Waals surface area contributed by atoms with Crippen LogP contribution in [-0.2, 0) is 0 Å². The molecule has 134 valence electrons. The lowest BCUT2D eigenvalue weighted by Gasteiger charge is -1.70. The van der Waals surface area contributed by atoms with Crippen molar-refractivity contribution in [2.45, 2.75) is 76.7 Å². The molecule has 0 unspecified atom stereocenters. The second kappa shape index (κ2) is 74.5. The molecule has 2 rings (SSSR count). The largest absolute Gasteiger partial charge is 0.452 e. The standard InChI is InChI=1S/C5H5N.C3H3NO.5C2H6.CH4/c1-2-4-6-5-3-1;1-2-5-3-4-1;5*1-2;/h1-5H;1-3H;5*1-2H3;1H4. The van der Waals surface area contributed by atoms with E-state index in [1.807, 2.05) is 87.4 Å². The van der Waals surface area contributed by atoms with Crippen molar-refractivity contribution in [2.75, 3.05) is 0 Å². The van der Waals surface area contributed by atoms with Crippen LogP contribution in [0.2, 0.25) is 0 Å². The van der Waals surface area contributed by atoms with Crippen molar-refractivity contribution in [2.24, 2.45) is 0 Å². The highest BCUT2D eigenvalue weighted by molar-refractivity contribution is 4.88. The molecule has 3 nitrogen and oxygen atoms in total. The number of nitrogens with zero attached hydrogens (tertiary/aromatic N) is 2. The summed E-state index contributed by atoms with van der Waals surface area (Å²) in [5, 5.41) is 0. The Morgan fingerprint density at radius 1 is 0.545 bits per heavy atom. The van der Waals surface area contributed by atoms with E-state index in [0.29, 0.717) is 0 Å². The Labute approximate surface area is 141 Å². The number of oxazole rings is 1. The number of hydrogen-bond donors (Lipinski definition) is 0. The second-order valence-corrected chi connectivity index (χ2v) is 1.70. The van der Waals surface area contributed by atoms with E-state index in [1.54, 1.807) is 18.6 Å². The molecule has 0 radical (unpaired) electrons. The molecule has 0 saturated carbocycles. The van der Waals surface area contributed by atoms with Gasteiger partial charge in [-0.1, -0.05) is 82.7 Å². The fraction of sp³-hybridized carbons (Fsp3) is 0.579. The van der Waals surface area contributed by atoms with E-state index in [1.165, 1.54) is 12.7 Å². The summed E-state index contributed by atoms with van der Waals surface area (Å²) in [6, 6.07) is 5.72. The molecule has 0 atom stereocenters. The SMILES string of the molecule is C.CC.CC.CC.CC.CC.c1ccncc1.c1cocn1. The van der Waals surface area contributed by atoms with Crippen LogP contribution in [0, 0.1) is 0 Å². The first-order valence-corrected chi connectivity index (χ1v) is 8.17. The Morgan fingerprint density at radius 3 is 1.05 bits per heavy atom. The predicted octanol–water partition coefficient (Wildman–Crippen LogP) is 7.52. The van der Waals surface area contributed by atoms with Crippen molar-refractivity contribution < 1.29 is 4.42 Å². The van der Waals surface area contributed by atoms with Crippen LogP contribution in [0.25, 0.3) is 0 Å². The van der Waals surface area contributed by atoms with Crippen molar-refractivity contribution in [3.8, 4) is 0 Å². The van der Waals surface area contributed by atoms with Crippen molar-refractivity contribution in [3.63, 3.8) is 0 Å². The first-order chi connectivity index (χ1) is 10.5. The lowest BCUT2D eigenvalue weighted by atomic mass is 10.5. The minimum Gasteiger partial charge on any atom is -0.452 e.